The highest BCUT2D eigenvalue weighted by Crippen LogP contribution is 2.23. The lowest BCUT2D eigenvalue weighted by Gasteiger charge is -2.19. The number of hydrogen-bond acceptors (Lipinski definition) is 3. The van der Waals surface area contributed by atoms with E-state index in [4.69, 9.17) is 4.74 Å². The van der Waals surface area contributed by atoms with Crippen LogP contribution in [-0.2, 0) is 0 Å². The van der Waals surface area contributed by atoms with Crippen molar-refractivity contribution < 1.29 is 4.74 Å². The van der Waals surface area contributed by atoms with Crippen LogP contribution >= 0.6 is 0 Å². The first-order valence-corrected chi connectivity index (χ1v) is 6.51. The van der Waals surface area contributed by atoms with Gasteiger partial charge < -0.3 is 10.1 Å². The molecule has 1 aromatic heterocycles. The highest BCUT2D eigenvalue weighted by Gasteiger charge is 2.10. The third-order valence-corrected chi connectivity index (χ3v) is 2.91. The molecule has 1 heterocycles. The maximum absolute atomic E-state index is 5.54. The minimum Gasteiger partial charge on any atom is -0.490 e. The Morgan fingerprint density at radius 1 is 1.35 bits per heavy atom. The predicted molar refractivity (Wildman–Crippen MR) is 72.6 cm³/mol. The van der Waals surface area contributed by atoms with E-state index < -0.39 is 0 Å². The van der Waals surface area contributed by atoms with Gasteiger partial charge in [0.2, 0.25) is 0 Å². The van der Waals surface area contributed by atoms with E-state index in [1.807, 2.05) is 19.1 Å². The minimum absolute atomic E-state index is 0.416. The molecule has 17 heavy (non-hydrogen) atoms. The summed E-state index contributed by atoms with van der Waals surface area (Å²) in [5, 5.41) is 3.42. The van der Waals surface area contributed by atoms with Crippen LogP contribution in [0.15, 0.2) is 18.3 Å². The molecule has 3 heteroatoms. The van der Waals surface area contributed by atoms with Crippen LogP contribution in [0.25, 0.3) is 0 Å². The van der Waals surface area contributed by atoms with Crippen LogP contribution in [0, 0.1) is 5.92 Å². The van der Waals surface area contributed by atoms with E-state index in [0.29, 0.717) is 12.6 Å². The Hall–Kier alpha value is -1.25. The average Bonchev–Trinajstić information content (AvgIpc) is 2.31. The standard InChI is InChI=1S/C14H24N2O/c1-5-11(3)10-12(4)16-14-13(17-6-2)8-7-9-15-14/h7-9,11-12H,5-6,10H2,1-4H3,(H,15,16). The van der Waals surface area contributed by atoms with Crippen LogP contribution < -0.4 is 10.1 Å². The Labute approximate surface area is 105 Å². The van der Waals surface area contributed by atoms with Crippen molar-refractivity contribution in [3.63, 3.8) is 0 Å². The van der Waals surface area contributed by atoms with E-state index in [2.05, 4.69) is 31.1 Å². The topological polar surface area (TPSA) is 34.1 Å². The zero-order chi connectivity index (χ0) is 12.7. The van der Waals surface area contributed by atoms with Crippen LogP contribution in [0.2, 0.25) is 0 Å². The van der Waals surface area contributed by atoms with Crippen molar-refractivity contribution in [1.29, 1.82) is 0 Å². The highest BCUT2D eigenvalue weighted by molar-refractivity contribution is 5.49. The van der Waals surface area contributed by atoms with E-state index in [1.165, 1.54) is 6.42 Å². The summed E-state index contributed by atoms with van der Waals surface area (Å²) in [4.78, 5) is 4.33. The van der Waals surface area contributed by atoms with E-state index in [-0.39, 0.29) is 0 Å². The highest BCUT2D eigenvalue weighted by atomic mass is 16.5. The Bertz CT molecular complexity index is 328. The maximum atomic E-state index is 5.54. The summed E-state index contributed by atoms with van der Waals surface area (Å²) in [6, 6.07) is 4.27. The molecule has 1 rings (SSSR count). The zero-order valence-corrected chi connectivity index (χ0v) is 11.4. The van der Waals surface area contributed by atoms with Gasteiger partial charge in [-0.25, -0.2) is 4.98 Å². The molecular weight excluding hydrogens is 212 g/mol. The molecule has 0 aromatic carbocycles. The van der Waals surface area contributed by atoms with E-state index >= 15 is 0 Å². The molecule has 0 spiro atoms. The second-order valence-electron chi connectivity index (χ2n) is 4.58. The van der Waals surface area contributed by atoms with Gasteiger partial charge in [-0.15, -0.1) is 0 Å². The summed E-state index contributed by atoms with van der Waals surface area (Å²) in [5.74, 6) is 2.42. The molecule has 0 aliphatic carbocycles. The van der Waals surface area contributed by atoms with E-state index in [1.54, 1.807) is 6.20 Å². The van der Waals surface area contributed by atoms with Gasteiger partial charge in [0, 0.05) is 12.2 Å². The second kappa shape index (κ2) is 7.15. The van der Waals surface area contributed by atoms with Crippen molar-refractivity contribution in [2.24, 2.45) is 5.92 Å². The molecule has 0 fully saturated rings. The number of aromatic nitrogens is 1. The van der Waals surface area contributed by atoms with Crippen molar-refractivity contribution in [3.05, 3.63) is 18.3 Å². The molecule has 0 saturated carbocycles. The molecule has 0 bridgehead atoms. The van der Waals surface area contributed by atoms with Crippen LogP contribution in [0.5, 0.6) is 5.75 Å². The smallest absolute Gasteiger partial charge is 0.168 e. The number of anilines is 1. The number of nitrogens with one attached hydrogen (secondary N) is 1. The molecule has 0 aliphatic rings. The monoisotopic (exact) mass is 236 g/mol. The van der Waals surface area contributed by atoms with Crippen molar-refractivity contribution in [2.45, 2.75) is 46.6 Å². The maximum Gasteiger partial charge on any atom is 0.168 e. The van der Waals surface area contributed by atoms with Gasteiger partial charge >= 0.3 is 0 Å². The molecule has 3 nitrogen and oxygen atoms in total. The molecule has 0 amide bonds. The quantitative estimate of drug-likeness (QED) is 0.783. The normalized spacial score (nSPS) is 14.1. The van der Waals surface area contributed by atoms with Crippen LogP contribution in [-0.4, -0.2) is 17.6 Å². The summed E-state index contributed by atoms with van der Waals surface area (Å²) < 4.78 is 5.54. The fraction of sp³-hybridized carbons (Fsp3) is 0.643. The first-order chi connectivity index (χ1) is 8.17. The summed E-state index contributed by atoms with van der Waals surface area (Å²) in [7, 11) is 0. The zero-order valence-electron chi connectivity index (χ0n) is 11.4. The third kappa shape index (κ3) is 4.63. The fourth-order valence-corrected chi connectivity index (χ4v) is 1.83. The Morgan fingerprint density at radius 3 is 2.76 bits per heavy atom. The lowest BCUT2D eigenvalue weighted by atomic mass is 10.0. The van der Waals surface area contributed by atoms with E-state index in [0.717, 1.165) is 23.9 Å². The predicted octanol–water partition coefficient (Wildman–Crippen LogP) is 3.72. The lowest BCUT2D eigenvalue weighted by Crippen LogP contribution is -2.19. The first kappa shape index (κ1) is 13.8. The molecular formula is C14H24N2O. The lowest BCUT2D eigenvalue weighted by molar-refractivity contribution is 0.340. The van der Waals surface area contributed by atoms with Crippen LogP contribution in [0.4, 0.5) is 5.82 Å². The SMILES string of the molecule is CCOc1cccnc1NC(C)CC(C)CC. The number of nitrogens with zero attached hydrogens (tertiary/aromatic N) is 1. The summed E-state index contributed by atoms with van der Waals surface area (Å²) in [5.41, 5.74) is 0. The molecule has 0 radical (unpaired) electrons. The van der Waals surface area contributed by atoms with Gasteiger partial charge in [-0.1, -0.05) is 20.3 Å². The summed E-state index contributed by atoms with van der Waals surface area (Å²) in [6.45, 7) is 9.35. The minimum atomic E-state index is 0.416. The molecule has 2 unspecified atom stereocenters. The van der Waals surface area contributed by atoms with Gasteiger partial charge in [-0.3, -0.25) is 0 Å². The van der Waals surface area contributed by atoms with Gasteiger partial charge in [0.05, 0.1) is 6.61 Å². The van der Waals surface area contributed by atoms with Gasteiger partial charge in [-0.2, -0.15) is 0 Å². The Kier molecular flexibility index (Phi) is 5.81. The Morgan fingerprint density at radius 2 is 2.12 bits per heavy atom. The fourth-order valence-electron chi connectivity index (χ4n) is 1.83. The largest absolute Gasteiger partial charge is 0.490 e. The van der Waals surface area contributed by atoms with Gasteiger partial charge in [-0.05, 0) is 38.3 Å². The van der Waals surface area contributed by atoms with Gasteiger partial charge in [0.15, 0.2) is 11.6 Å². The van der Waals surface area contributed by atoms with Crippen LogP contribution in [0.3, 0.4) is 0 Å². The van der Waals surface area contributed by atoms with Gasteiger partial charge in [0.1, 0.15) is 0 Å². The van der Waals surface area contributed by atoms with Crippen LogP contribution in [0.1, 0.15) is 40.5 Å². The molecule has 1 N–H and O–H groups in total. The number of pyridine rings is 1. The first-order valence-electron chi connectivity index (χ1n) is 6.51. The summed E-state index contributed by atoms with van der Waals surface area (Å²) in [6.07, 6.45) is 4.16. The van der Waals surface area contributed by atoms with Gasteiger partial charge in [0.25, 0.3) is 0 Å². The van der Waals surface area contributed by atoms with Crippen molar-refractivity contribution in [1.82, 2.24) is 4.98 Å². The Balaban J connectivity index is 2.60. The summed E-state index contributed by atoms with van der Waals surface area (Å²) >= 11 is 0. The van der Waals surface area contributed by atoms with Crippen molar-refractivity contribution in [2.75, 3.05) is 11.9 Å². The number of hydrogen-bond donors (Lipinski definition) is 1. The third-order valence-electron chi connectivity index (χ3n) is 2.91. The molecule has 0 saturated heterocycles. The van der Waals surface area contributed by atoms with Crippen molar-refractivity contribution >= 4 is 5.82 Å². The second-order valence-corrected chi connectivity index (χ2v) is 4.58. The van der Waals surface area contributed by atoms with E-state index in [9.17, 15) is 0 Å². The molecule has 96 valence electrons. The van der Waals surface area contributed by atoms with Crippen molar-refractivity contribution in [3.8, 4) is 5.75 Å². The number of ether oxygens (including phenoxy) is 1. The molecule has 2 atom stereocenters. The number of rotatable bonds is 7. The average molecular weight is 236 g/mol. The molecule has 0 aliphatic heterocycles. The molecule has 1 aromatic rings.